The van der Waals surface area contributed by atoms with E-state index in [1.165, 1.54) is 6.92 Å². The number of ether oxygens (including phenoxy) is 2. The van der Waals surface area contributed by atoms with Gasteiger partial charge < -0.3 is 20.5 Å². The Labute approximate surface area is 184 Å². The summed E-state index contributed by atoms with van der Waals surface area (Å²) in [5.41, 5.74) is 1.82. The maximum absolute atomic E-state index is 14.3. The summed E-state index contributed by atoms with van der Waals surface area (Å²) in [6, 6.07) is 1.76. The average molecular weight is 474 g/mol. The molecule has 0 aliphatic carbocycles. The molecule has 1 aromatic heterocycles. The highest BCUT2D eigenvalue weighted by Gasteiger charge is 2.65. The molecule has 2 aromatic rings. The second-order valence-electron chi connectivity index (χ2n) is 7.58. The van der Waals surface area contributed by atoms with Crippen molar-refractivity contribution >= 4 is 17.6 Å². The third-order valence-electron chi connectivity index (χ3n) is 5.71. The molecule has 3 N–H and O–H groups in total. The van der Waals surface area contributed by atoms with E-state index in [0.29, 0.717) is 0 Å². The van der Waals surface area contributed by atoms with Crippen molar-refractivity contribution in [2.45, 2.75) is 37.6 Å². The van der Waals surface area contributed by atoms with Crippen LogP contribution < -0.4 is 15.8 Å². The summed E-state index contributed by atoms with van der Waals surface area (Å²) in [6.45, 7) is 1.94. The maximum atomic E-state index is 14.3. The van der Waals surface area contributed by atoms with Gasteiger partial charge in [-0.2, -0.15) is 17.6 Å². The molecule has 3 rings (SSSR count). The number of hydrogen-bond donors (Lipinski definition) is 2. The number of hydrogen-bond acceptors (Lipinski definition) is 6. The first-order valence-electron chi connectivity index (χ1n) is 9.51. The first kappa shape index (κ1) is 24.3. The average Bonchev–Trinajstić information content (AvgIpc) is 3.02. The number of carbonyl (C=O) groups excluding carboxylic acids is 2. The number of carbonyl (C=O) groups is 2. The molecule has 1 aromatic carbocycles. The summed E-state index contributed by atoms with van der Waals surface area (Å²) in [5.74, 6) is -8.45. The van der Waals surface area contributed by atoms with Gasteiger partial charge >= 0.3 is 6.18 Å². The molecule has 0 spiro atoms. The molecular formula is C20H19F5N4O4. The monoisotopic (exact) mass is 474 g/mol. The Bertz CT molecular complexity index is 1100. The fourth-order valence-corrected chi connectivity index (χ4v) is 3.78. The Hall–Kier alpha value is -3.35. The molecule has 1 fully saturated rings. The number of amides is 2. The number of nitrogens with two attached hydrogens (primary N) is 1. The van der Waals surface area contributed by atoms with Gasteiger partial charge in [0.15, 0.2) is 23.0 Å². The van der Waals surface area contributed by atoms with Crippen molar-refractivity contribution in [3.8, 4) is 5.75 Å². The first-order chi connectivity index (χ1) is 15.3. The Morgan fingerprint density at radius 2 is 1.91 bits per heavy atom. The second kappa shape index (κ2) is 8.54. The van der Waals surface area contributed by atoms with Gasteiger partial charge in [0.25, 0.3) is 11.8 Å². The lowest BCUT2D eigenvalue weighted by atomic mass is 9.77. The molecule has 4 atom stereocenters. The van der Waals surface area contributed by atoms with Gasteiger partial charge in [-0.3, -0.25) is 14.6 Å². The number of halogens is 5. The molecule has 1 aliphatic heterocycles. The van der Waals surface area contributed by atoms with Crippen LogP contribution >= 0.6 is 0 Å². The third-order valence-corrected chi connectivity index (χ3v) is 5.71. The molecule has 2 amide bonds. The van der Waals surface area contributed by atoms with Gasteiger partial charge in [0, 0.05) is 17.4 Å². The zero-order valence-electron chi connectivity index (χ0n) is 17.5. The topological polar surface area (TPSA) is 116 Å². The lowest BCUT2D eigenvalue weighted by molar-refractivity contribution is -0.272. The van der Waals surface area contributed by atoms with Crippen molar-refractivity contribution < 1.29 is 41.0 Å². The number of methoxy groups -OCH3 is 1. The number of rotatable bonds is 5. The van der Waals surface area contributed by atoms with Crippen LogP contribution in [-0.2, 0) is 9.53 Å². The molecule has 2 heterocycles. The number of aromatic nitrogens is 2. The lowest BCUT2D eigenvalue weighted by Crippen LogP contribution is -2.47. The fourth-order valence-electron chi connectivity index (χ4n) is 3.78. The van der Waals surface area contributed by atoms with E-state index in [0.717, 1.165) is 38.6 Å². The molecule has 0 unspecified atom stereocenters. The molecule has 0 bridgehead atoms. The number of anilines is 1. The maximum Gasteiger partial charge on any atom is 0.417 e. The van der Waals surface area contributed by atoms with E-state index in [1.54, 1.807) is 0 Å². The quantitative estimate of drug-likeness (QED) is 0.644. The van der Waals surface area contributed by atoms with Crippen LogP contribution in [0.2, 0.25) is 0 Å². The standard InChI is InChI=1S/C20H19F5N4O4/c1-8-13(9-4-5-10(21)14(22)15(9)32-3)16(33-19(8,2)20(23,24)25)18(31)29-12-7-27-6-11(28-12)17(26)30/h4-8,13,16H,1-3H3,(H2,26,30)(H,28,29,31)/t8-,13-,16-,19+/m0/s1. The van der Waals surface area contributed by atoms with E-state index >= 15 is 0 Å². The second-order valence-corrected chi connectivity index (χ2v) is 7.58. The van der Waals surface area contributed by atoms with E-state index in [4.69, 9.17) is 15.2 Å². The highest BCUT2D eigenvalue weighted by atomic mass is 19.4. The minimum atomic E-state index is -4.91. The smallest absolute Gasteiger partial charge is 0.417 e. The molecule has 0 radical (unpaired) electrons. The van der Waals surface area contributed by atoms with E-state index in [1.807, 2.05) is 0 Å². The van der Waals surface area contributed by atoms with Crippen LogP contribution in [0.15, 0.2) is 24.5 Å². The van der Waals surface area contributed by atoms with E-state index < -0.39 is 58.9 Å². The van der Waals surface area contributed by atoms with E-state index in [-0.39, 0.29) is 17.1 Å². The predicted octanol–water partition coefficient (Wildman–Crippen LogP) is 2.94. The summed E-state index contributed by atoms with van der Waals surface area (Å²) in [4.78, 5) is 31.7. The molecule has 1 aliphatic rings. The van der Waals surface area contributed by atoms with Gasteiger partial charge in [0.1, 0.15) is 11.8 Å². The summed E-state index contributed by atoms with van der Waals surface area (Å²) in [6.07, 6.45) is -4.65. The predicted molar refractivity (Wildman–Crippen MR) is 103 cm³/mol. The van der Waals surface area contributed by atoms with Crippen molar-refractivity contribution in [1.29, 1.82) is 0 Å². The Morgan fingerprint density at radius 1 is 1.24 bits per heavy atom. The minimum absolute atomic E-state index is 0.186. The summed E-state index contributed by atoms with van der Waals surface area (Å²) in [7, 11) is 1.02. The van der Waals surface area contributed by atoms with Crippen LogP contribution in [-0.4, -0.2) is 46.8 Å². The number of alkyl halides is 3. The van der Waals surface area contributed by atoms with Gasteiger partial charge in [-0.25, -0.2) is 9.37 Å². The van der Waals surface area contributed by atoms with Crippen LogP contribution in [0.25, 0.3) is 0 Å². The summed E-state index contributed by atoms with van der Waals surface area (Å²) >= 11 is 0. The molecule has 1 saturated heterocycles. The van der Waals surface area contributed by atoms with Crippen LogP contribution in [0.4, 0.5) is 27.8 Å². The highest BCUT2D eigenvalue weighted by Crippen LogP contribution is 2.54. The number of benzene rings is 1. The van der Waals surface area contributed by atoms with Crippen LogP contribution in [0, 0.1) is 17.6 Å². The van der Waals surface area contributed by atoms with Crippen molar-refractivity contribution in [1.82, 2.24) is 9.97 Å². The van der Waals surface area contributed by atoms with Crippen molar-refractivity contribution in [3.63, 3.8) is 0 Å². The van der Waals surface area contributed by atoms with Gasteiger partial charge in [0.05, 0.1) is 19.5 Å². The van der Waals surface area contributed by atoms with Crippen molar-refractivity contribution in [2.24, 2.45) is 11.7 Å². The van der Waals surface area contributed by atoms with Gasteiger partial charge in [-0.1, -0.05) is 13.0 Å². The number of nitrogens with one attached hydrogen (secondary N) is 1. The van der Waals surface area contributed by atoms with Gasteiger partial charge in [-0.05, 0) is 13.0 Å². The molecule has 8 nitrogen and oxygen atoms in total. The van der Waals surface area contributed by atoms with Crippen LogP contribution in [0.5, 0.6) is 5.75 Å². The summed E-state index contributed by atoms with van der Waals surface area (Å²) < 4.78 is 79.9. The SMILES string of the molecule is COc1c([C@H]2[C@@H](C(=O)Nc3cncc(C(N)=O)n3)O[C@@](C)(C(F)(F)F)[C@H]2C)ccc(F)c1F. The van der Waals surface area contributed by atoms with Gasteiger partial charge in [0.2, 0.25) is 5.82 Å². The highest BCUT2D eigenvalue weighted by molar-refractivity contribution is 5.95. The molecule has 0 saturated carbocycles. The zero-order valence-corrected chi connectivity index (χ0v) is 17.5. The largest absolute Gasteiger partial charge is 0.493 e. The lowest BCUT2D eigenvalue weighted by Gasteiger charge is -2.32. The molecular weight excluding hydrogens is 455 g/mol. The Balaban J connectivity index is 2.07. The molecule has 33 heavy (non-hydrogen) atoms. The number of primary amides is 1. The fraction of sp³-hybridized carbons (Fsp3) is 0.400. The number of nitrogens with zero attached hydrogens (tertiary/aromatic N) is 2. The van der Waals surface area contributed by atoms with Gasteiger partial charge in [-0.15, -0.1) is 0 Å². The Morgan fingerprint density at radius 3 is 2.48 bits per heavy atom. The van der Waals surface area contributed by atoms with Crippen molar-refractivity contribution in [3.05, 3.63) is 47.4 Å². The molecule has 178 valence electrons. The first-order valence-corrected chi connectivity index (χ1v) is 9.51. The molecule has 13 heteroatoms. The third kappa shape index (κ3) is 4.19. The van der Waals surface area contributed by atoms with Crippen LogP contribution in [0.3, 0.4) is 0 Å². The van der Waals surface area contributed by atoms with Crippen LogP contribution in [0.1, 0.15) is 35.8 Å². The normalized spacial score (nSPS) is 25.0. The van der Waals surface area contributed by atoms with E-state index in [9.17, 15) is 31.5 Å². The van der Waals surface area contributed by atoms with Crippen molar-refractivity contribution in [2.75, 3.05) is 12.4 Å². The zero-order chi connectivity index (χ0) is 24.7. The summed E-state index contributed by atoms with van der Waals surface area (Å²) in [5, 5.41) is 2.23. The van der Waals surface area contributed by atoms with E-state index in [2.05, 4.69) is 15.3 Å². The Kier molecular flexibility index (Phi) is 6.29. The minimum Gasteiger partial charge on any atom is -0.493 e.